The van der Waals surface area contributed by atoms with E-state index < -0.39 is 16.1 Å². The van der Waals surface area contributed by atoms with Gasteiger partial charge < -0.3 is 10.4 Å². The number of nitrogens with one attached hydrogen (secondary N) is 1. The molecule has 2 N–H and O–H groups in total. The van der Waals surface area contributed by atoms with Crippen LogP contribution in [0.2, 0.25) is 0 Å². The number of Topliss-reactive ketones (excluding diaryl/α,β-unsaturated/α-hetero) is 3. The van der Waals surface area contributed by atoms with E-state index in [2.05, 4.69) is 19.2 Å². The molecule has 0 aliphatic heterocycles. The van der Waals surface area contributed by atoms with Crippen LogP contribution in [0.25, 0.3) is 0 Å². The van der Waals surface area contributed by atoms with Crippen LogP contribution in [0.4, 0.5) is 5.69 Å². The first-order valence-corrected chi connectivity index (χ1v) is 18.7. The van der Waals surface area contributed by atoms with Crippen LogP contribution in [0, 0.1) is 17.8 Å². The number of carbonyl (C=O) groups is 3. The number of sulfonamides is 1. The number of aliphatic hydroxyl groups is 1. The van der Waals surface area contributed by atoms with Crippen LogP contribution >= 0.6 is 0 Å². The Morgan fingerprint density at radius 2 is 1.40 bits per heavy atom. The Hall–Kier alpha value is -3.66. The second kappa shape index (κ2) is 18.2. The lowest BCUT2D eigenvalue weighted by molar-refractivity contribution is -0.123. The molecule has 0 bridgehead atoms. The van der Waals surface area contributed by atoms with E-state index >= 15 is 0 Å². The highest BCUT2D eigenvalue weighted by Crippen LogP contribution is 2.27. The summed E-state index contributed by atoms with van der Waals surface area (Å²) in [4.78, 5) is 40.8. The van der Waals surface area contributed by atoms with Gasteiger partial charge in [-0.2, -0.15) is 0 Å². The molecule has 0 fully saturated rings. The lowest BCUT2D eigenvalue weighted by Crippen LogP contribution is -2.45. The lowest BCUT2D eigenvalue weighted by Gasteiger charge is -2.26. The highest BCUT2D eigenvalue weighted by Gasteiger charge is 2.27. The fourth-order valence-corrected chi connectivity index (χ4v) is 6.25. The second-order valence-electron chi connectivity index (χ2n) is 13.6. The molecule has 260 valence electrons. The van der Waals surface area contributed by atoms with Crippen molar-refractivity contribution in [2.24, 2.45) is 17.8 Å². The van der Waals surface area contributed by atoms with Gasteiger partial charge in [-0.05, 0) is 66.5 Å². The minimum Gasteiger partial charge on any atom is -0.396 e. The van der Waals surface area contributed by atoms with Crippen LogP contribution in [-0.4, -0.2) is 63.4 Å². The zero-order valence-electron chi connectivity index (χ0n) is 29.2. The van der Waals surface area contributed by atoms with Crippen LogP contribution in [0.15, 0.2) is 78.9 Å². The third-order valence-corrected chi connectivity index (χ3v) is 10.1. The molecule has 4 atom stereocenters. The number of ketones is 3. The molecule has 0 saturated carbocycles. The predicted molar refractivity (Wildman–Crippen MR) is 193 cm³/mol. The first-order valence-electron chi connectivity index (χ1n) is 16.8. The number of nitrogens with zero attached hydrogens (tertiary/aromatic N) is 1. The van der Waals surface area contributed by atoms with E-state index in [1.165, 1.54) is 19.2 Å². The maximum absolute atomic E-state index is 14.0. The number of rotatable bonds is 20. The van der Waals surface area contributed by atoms with E-state index in [1.54, 1.807) is 6.07 Å². The van der Waals surface area contributed by atoms with Crippen LogP contribution in [0.3, 0.4) is 0 Å². The molecule has 3 aromatic rings. The first kappa shape index (κ1) is 38.8. The zero-order valence-corrected chi connectivity index (χ0v) is 30.0. The minimum absolute atomic E-state index is 0.0411. The van der Waals surface area contributed by atoms with Crippen molar-refractivity contribution in [1.29, 1.82) is 0 Å². The van der Waals surface area contributed by atoms with E-state index in [0.717, 1.165) is 28.1 Å². The Bertz CT molecular complexity index is 1610. The van der Waals surface area contributed by atoms with Gasteiger partial charge in [-0.1, -0.05) is 88.4 Å². The summed E-state index contributed by atoms with van der Waals surface area (Å²) < 4.78 is 26.1. The van der Waals surface area contributed by atoms with Gasteiger partial charge in [0, 0.05) is 50.0 Å². The summed E-state index contributed by atoms with van der Waals surface area (Å²) >= 11 is 0. The Kier molecular flexibility index (Phi) is 14.7. The fourth-order valence-electron chi connectivity index (χ4n) is 5.76. The number of hydrogen-bond acceptors (Lipinski definition) is 7. The van der Waals surface area contributed by atoms with E-state index in [0.29, 0.717) is 25.3 Å². The smallest absolute Gasteiger partial charge is 0.231 e. The Labute approximate surface area is 287 Å². The molecule has 3 aromatic carbocycles. The van der Waals surface area contributed by atoms with Gasteiger partial charge in [0.15, 0.2) is 11.6 Å². The van der Waals surface area contributed by atoms with Gasteiger partial charge in [0.1, 0.15) is 5.78 Å². The summed E-state index contributed by atoms with van der Waals surface area (Å²) in [5, 5.41) is 13.3. The van der Waals surface area contributed by atoms with Crippen molar-refractivity contribution in [2.45, 2.75) is 71.8 Å². The number of aliphatic hydroxyl groups excluding tert-OH is 1. The van der Waals surface area contributed by atoms with Crippen LogP contribution in [0.1, 0.15) is 91.1 Å². The topological polar surface area (TPSA) is 121 Å². The van der Waals surface area contributed by atoms with Gasteiger partial charge in [0.2, 0.25) is 10.0 Å². The summed E-state index contributed by atoms with van der Waals surface area (Å²) in [7, 11) is -2.27. The minimum atomic E-state index is -3.67. The molecule has 48 heavy (non-hydrogen) atoms. The summed E-state index contributed by atoms with van der Waals surface area (Å²) in [6, 6.07) is 23.5. The molecule has 0 saturated heterocycles. The van der Waals surface area contributed by atoms with Crippen molar-refractivity contribution >= 4 is 33.1 Å². The number of carbonyl (C=O) groups excluding carboxylic acids is 3. The number of anilines is 1. The van der Waals surface area contributed by atoms with Crippen molar-refractivity contribution < 1.29 is 27.9 Å². The molecule has 0 heterocycles. The highest BCUT2D eigenvalue weighted by atomic mass is 32.2. The highest BCUT2D eigenvalue weighted by molar-refractivity contribution is 7.92. The molecule has 0 unspecified atom stereocenters. The Morgan fingerprint density at radius 3 is 1.94 bits per heavy atom. The van der Waals surface area contributed by atoms with E-state index in [4.69, 9.17) is 0 Å². The van der Waals surface area contributed by atoms with Crippen LogP contribution in [0.5, 0.6) is 0 Å². The first-order chi connectivity index (χ1) is 22.7. The molecule has 0 radical (unpaired) electrons. The molecule has 0 amide bonds. The molecule has 0 aliphatic carbocycles. The second-order valence-corrected chi connectivity index (χ2v) is 15.6. The monoisotopic (exact) mass is 676 g/mol. The molecular formula is C39H52N2O6S. The molecule has 0 aromatic heterocycles. The standard InChI is InChI=1S/C39H52N2O6S/c1-27(2)17-18-36(43)39(29(4)26-42)40-25-31(20-30-13-9-7-10-14-30)21-38(45)34-22-33(23-35(24-34)41(5)48(6,46)47)37(44)19-28(3)32-15-11-8-12-16-32/h7-16,22-24,27-29,31,39-40,42H,17-21,25-26H2,1-6H3/t28-,29+,31+,39-/m0/s1. The summed E-state index contributed by atoms with van der Waals surface area (Å²) in [5.41, 5.74) is 2.82. The van der Waals surface area contributed by atoms with Gasteiger partial charge in [-0.25, -0.2) is 8.42 Å². The number of hydrogen-bond donors (Lipinski definition) is 2. The third-order valence-electron chi connectivity index (χ3n) is 8.92. The van der Waals surface area contributed by atoms with Gasteiger partial charge in [-0.3, -0.25) is 18.7 Å². The lowest BCUT2D eigenvalue weighted by atomic mass is 9.88. The average Bonchev–Trinajstić information content (AvgIpc) is 3.06. The molecule has 0 spiro atoms. The SMILES string of the molecule is CC(C)CCC(=O)[C@@H](NC[C@@H](CC(=O)c1cc(C(=O)C[C@H](C)c2ccccc2)cc(N(C)S(C)(=O)=O)c1)Cc1ccccc1)[C@H](C)CO. The van der Waals surface area contributed by atoms with Gasteiger partial charge >= 0.3 is 0 Å². The molecular weight excluding hydrogens is 625 g/mol. The van der Waals surface area contributed by atoms with Crippen molar-refractivity contribution in [3.63, 3.8) is 0 Å². The maximum atomic E-state index is 14.0. The van der Waals surface area contributed by atoms with Gasteiger partial charge in [0.05, 0.1) is 18.0 Å². The quantitative estimate of drug-likeness (QED) is 0.131. The van der Waals surface area contributed by atoms with Gasteiger partial charge in [0.25, 0.3) is 0 Å². The van der Waals surface area contributed by atoms with Crippen molar-refractivity contribution in [3.05, 3.63) is 101 Å². The Morgan fingerprint density at radius 1 is 0.833 bits per heavy atom. The number of benzene rings is 3. The fraction of sp³-hybridized carbons (Fsp3) is 0.462. The third kappa shape index (κ3) is 11.8. The molecule has 0 aliphatic rings. The maximum Gasteiger partial charge on any atom is 0.231 e. The zero-order chi connectivity index (χ0) is 35.4. The molecule has 8 nitrogen and oxygen atoms in total. The van der Waals surface area contributed by atoms with Crippen molar-refractivity contribution in [1.82, 2.24) is 5.32 Å². The largest absolute Gasteiger partial charge is 0.396 e. The van der Waals surface area contributed by atoms with E-state index in [9.17, 15) is 27.9 Å². The summed E-state index contributed by atoms with van der Waals surface area (Å²) in [6.07, 6.45) is 3.09. The van der Waals surface area contributed by atoms with E-state index in [-0.39, 0.29) is 71.4 Å². The normalized spacial score (nSPS) is 14.2. The summed E-state index contributed by atoms with van der Waals surface area (Å²) in [5.74, 6) is -0.602. The van der Waals surface area contributed by atoms with Crippen molar-refractivity contribution in [3.8, 4) is 0 Å². The average molecular weight is 677 g/mol. The Balaban J connectivity index is 1.92. The van der Waals surface area contributed by atoms with Crippen molar-refractivity contribution in [2.75, 3.05) is 30.8 Å². The molecule has 3 rings (SSSR count). The molecule has 9 heteroatoms. The van der Waals surface area contributed by atoms with Crippen LogP contribution in [-0.2, 0) is 21.2 Å². The predicted octanol–water partition coefficient (Wildman–Crippen LogP) is 6.48. The van der Waals surface area contributed by atoms with Gasteiger partial charge in [-0.15, -0.1) is 0 Å². The van der Waals surface area contributed by atoms with Crippen LogP contribution < -0.4 is 9.62 Å². The summed E-state index contributed by atoms with van der Waals surface area (Å²) in [6.45, 7) is 8.14. The van der Waals surface area contributed by atoms with E-state index in [1.807, 2.05) is 74.5 Å².